The SMILES string of the molecule is CCCCN(CCN)C(=O)CN1C[C@H](c2ccc3c(c2)CCO3)[C@@H](C(=O)O)[C@@H]1CCN1CCC(=O)N(C)C1=O. The maximum Gasteiger partial charge on any atom is 0.326 e. The van der Waals surface area contributed by atoms with Crippen LogP contribution in [0.5, 0.6) is 5.75 Å². The minimum Gasteiger partial charge on any atom is -0.493 e. The number of ether oxygens (including phenoxy) is 1. The largest absolute Gasteiger partial charge is 0.493 e. The number of nitrogens with zero attached hydrogens (tertiary/aromatic N) is 4. The van der Waals surface area contributed by atoms with Crippen LogP contribution in [0.1, 0.15) is 49.7 Å². The summed E-state index contributed by atoms with van der Waals surface area (Å²) < 4.78 is 5.65. The third-order valence-corrected chi connectivity index (χ3v) is 8.27. The molecule has 0 aromatic heterocycles. The van der Waals surface area contributed by atoms with Crippen molar-refractivity contribution in [2.45, 2.75) is 51.0 Å². The fourth-order valence-corrected chi connectivity index (χ4v) is 6.08. The van der Waals surface area contributed by atoms with Gasteiger partial charge in [-0.3, -0.25) is 24.2 Å². The lowest BCUT2D eigenvalue weighted by Crippen LogP contribution is -2.52. The summed E-state index contributed by atoms with van der Waals surface area (Å²) in [5.74, 6) is -1.44. The molecule has 2 fully saturated rings. The molecule has 0 aliphatic carbocycles. The predicted molar refractivity (Wildman–Crippen MR) is 144 cm³/mol. The first-order valence-electron chi connectivity index (χ1n) is 14.0. The molecule has 3 aliphatic rings. The second-order valence-electron chi connectivity index (χ2n) is 10.7. The van der Waals surface area contributed by atoms with Gasteiger partial charge in [0.25, 0.3) is 0 Å². The van der Waals surface area contributed by atoms with Gasteiger partial charge in [-0.2, -0.15) is 0 Å². The number of unbranched alkanes of at least 4 members (excludes halogenated alkanes) is 1. The summed E-state index contributed by atoms with van der Waals surface area (Å²) in [6, 6.07) is 5.06. The van der Waals surface area contributed by atoms with Crippen molar-refractivity contribution in [3.05, 3.63) is 29.3 Å². The molecule has 1 aromatic rings. The summed E-state index contributed by atoms with van der Waals surface area (Å²) >= 11 is 0. The summed E-state index contributed by atoms with van der Waals surface area (Å²) in [4.78, 5) is 57.2. The molecule has 2 saturated heterocycles. The number of urea groups is 1. The van der Waals surface area contributed by atoms with Crippen LogP contribution in [0.25, 0.3) is 0 Å². The van der Waals surface area contributed by atoms with Crippen LogP contribution >= 0.6 is 0 Å². The lowest BCUT2D eigenvalue weighted by atomic mass is 9.83. The van der Waals surface area contributed by atoms with Crippen LogP contribution in [0, 0.1) is 5.92 Å². The van der Waals surface area contributed by atoms with E-state index in [1.54, 1.807) is 9.80 Å². The number of benzene rings is 1. The molecule has 0 saturated carbocycles. The van der Waals surface area contributed by atoms with Crippen molar-refractivity contribution in [2.75, 3.05) is 59.5 Å². The first kappa shape index (κ1) is 28.8. The number of fused-ring (bicyclic) bond motifs is 1. The van der Waals surface area contributed by atoms with E-state index in [-0.39, 0.29) is 36.7 Å². The van der Waals surface area contributed by atoms with E-state index in [1.807, 2.05) is 23.1 Å². The Bertz CT molecular complexity index is 1080. The van der Waals surface area contributed by atoms with E-state index in [4.69, 9.17) is 10.5 Å². The molecular formula is C28H41N5O6. The summed E-state index contributed by atoms with van der Waals surface area (Å²) in [7, 11) is 1.47. The van der Waals surface area contributed by atoms with E-state index in [0.717, 1.165) is 41.0 Å². The third-order valence-electron chi connectivity index (χ3n) is 8.27. The number of carbonyl (C=O) groups is 4. The first-order valence-corrected chi connectivity index (χ1v) is 14.0. The van der Waals surface area contributed by atoms with Gasteiger partial charge in [-0.1, -0.05) is 25.5 Å². The molecule has 0 spiro atoms. The number of amides is 4. The van der Waals surface area contributed by atoms with Crippen LogP contribution in [0.3, 0.4) is 0 Å². The van der Waals surface area contributed by atoms with E-state index in [1.165, 1.54) is 7.05 Å². The van der Waals surface area contributed by atoms with E-state index in [9.17, 15) is 24.3 Å². The number of carbonyl (C=O) groups excluding carboxylic acids is 3. The standard InChI is InChI=1S/C28H41N5O6/c1-3-4-11-31(14-10-29)25(35)18-33-17-21(19-5-6-23-20(16-19)9-15-39-23)26(27(36)37)22(33)7-12-32-13-8-24(34)30(2)28(32)38/h5-6,16,21-22,26H,3-4,7-15,17-18,29H2,1-2H3,(H,36,37)/t21-,22+,26-/m1/s1. The summed E-state index contributed by atoms with van der Waals surface area (Å²) in [6.07, 6.45) is 3.23. The summed E-state index contributed by atoms with van der Waals surface area (Å²) in [5.41, 5.74) is 7.78. The van der Waals surface area contributed by atoms with E-state index < -0.39 is 17.9 Å². The maximum absolute atomic E-state index is 13.4. The highest BCUT2D eigenvalue weighted by molar-refractivity contribution is 5.96. The molecule has 214 valence electrons. The number of hydrogen-bond donors (Lipinski definition) is 2. The predicted octanol–water partition coefficient (Wildman–Crippen LogP) is 1.35. The van der Waals surface area contributed by atoms with Gasteiger partial charge in [0, 0.05) is 71.1 Å². The topological polar surface area (TPSA) is 137 Å². The number of nitrogens with two attached hydrogens (primary N) is 1. The number of rotatable bonds is 12. The van der Waals surface area contributed by atoms with Gasteiger partial charge >= 0.3 is 12.0 Å². The fraction of sp³-hybridized carbons (Fsp3) is 0.643. The Kier molecular flexibility index (Phi) is 9.45. The van der Waals surface area contributed by atoms with Crippen molar-refractivity contribution < 1.29 is 29.0 Å². The molecule has 0 bridgehead atoms. The van der Waals surface area contributed by atoms with E-state index in [2.05, 4.69) is 6.92 Å². The zero-order valence-corrected chi connectivity index (χ0v) is 23.0. The highest BCUT2D eigenvalue weighted by Gasteiger charge is 2.47. The quantitative estimate of drug-likeness (QED) is 0.403. The molecule has 3 atom stereocenters. The first-order chi connectivity index (χ1) is 18.7. The molecule has 1 aromatic carbocycles. The average Bonchev–Trinajstić information content (AvgIpc) is 3.53. The van der Waals surface area contributed by atoms with Gasteiger partial charge in [0.05, 0.1) is 19.1 Å². The average molecular weight is 544 g/mol. The van der Waals surface area contributed by atoms with Gasteiger partial charge in [-0.05, 0) is 30.0 Å². The summed E-state index contributed by atoms with van der Waals surface area (Å²) in [6.45, 7) is 5.24. The Labute approximate surface area is 229 Å². The molecule has 4 rings (SSSR count). The van der Waals surface area contributed by atoms with Crippen molar-refractivity contribution in [3.63, 3.8) is 0 Å². The monoisotopic (exact) mass is 543 g/mol. The number of likely N-dealkylation sites (tertiary alicyclic amines) is 1. The number of aliphatic carboxylic acids is 1. The Morgan fingerprint density at radius 3 is 2.72 bits per heavy atom. The molecule has 3 aliphatic heterocycles. The number of hydrogen-bond acceptors (Lipinski definition) is 7. The van der Waals surface area contributed by atoms with Crippen molar-refractivity contribution in [3.8, 4) is 5.75 Å². The smallest absolute Gasteiger partial charge is 0.326 e. The van der Waals surface area contributed by atoms with Gasteiger partial charge in [-0.25, -0.2) is 4.79 Å². The van der Waals surface area contributed by atoms with Gasteiger partial charge in [0.15, 0.2) is 0 Å². The number of carboxylic acid groups (broad SMARTS) is 1. The molecule has 11 nitrogen and oxygen atoms in total. The number of carboxylic acids is 1. The normalized spacial score (nSPS) is 23.2. The minimum absolute atomic E-state index is 0.0644. The zero-order chi connectivity index (χ0) is 28.1. The maximum atomic E-state index is 13.4. The van der Waals surface area contributed by atoms with Crippen LogP contribution in [0.2, 0.25) is 0 Å². The Hall–Kier alpha value is -3.18. The molecule has 0 radical (unpaired) electrons. The highest BCUT2D eigenvalue weighted by atomic mass is 16.5. The van der Waals surface area contributed by atoms with E-state index >= 15 is 0 Å². The van der Waals surface area contributed by atoms with Gasteiger partial charge < -0.3 is 25.4 Å². The second kappa shape index (κ2) is 12.8. The van der Waals surface area contributed by atoms with Gasteiger partial charge in [0.1, 0.15) is 5.75 Å². The van der Waals surface area contributed by atoms with Crippen molar-refractivity contribution in [1.29, 1.82) is 0 Å². The lowest BCUT2D eigenvalue weighted by molar-refractivity contribution is -0.143. The van der Waals surface area contributed by atoms with E-state index in [0.29, 0.717) is 52.3 Å². The van der Waals surface area contributed by atoms with Crippen molar-refractivity contribution in [1.82, 2.24) is 19.6 Å². The molecule has 3 heterocycles. The summed E-state index contributed by atoms with van der Waals surface area (Å²) in [5, 5.41) is 10.4. The fourth-order valence-electron chi connectivity index (χ4n) is 6.08. The van der Waals surface area contributed by atoms with Gasteiger partial charge in [0.2, 0.25) is 11.8 Å². The zero-order valence-electron chi connectivity index (χ0n) is 23.0. The van der Waals surface area contributed by atoms with Crippen LogP contribution < -0.4 is 10.5 Å². The van der Waals surface area contributed by atoms with Crippen molar-refractivity contribution >= 4 is 23.8 Å². The third kappa shape index (κ3) is 6.36. The van der Waals surface area contributed by atoms with Crippen LogP contribution in [-0.2, 0) is 20.8 Å². The van der Waals surface area contributed by atoms with Crippen LogP contribution in [0.15, 0.2) is 18.2 Å². The minimum atomic E-state index is -0.918. The number of imide groups is 1. The second-order valence-corrected chi connectivity index (χ2v) is 10.7. The molecule has 0 unspecified atom stereocenters. The van der Waals surface area contributed by atoms with Crippen LogP contribution in [0.4, 0.5) is 4.79 Å². The van der Waals surface area contributed by atoms with Gasteiger partial charge in [-0.15, -0.1) is 0 Å². The Morgan fingerprint density at radius 1 is 1.21 bits per heavy atom. The van der Waals surface area contributed by atoms with Crippen molar-refractivity contribution in [2.24, 2.45) is 11.7 Å². The Balaban J connectivity index is 1.58. The molecular weight excluding hydrogens is 502 g/mol. The highest BCUT2D eigenvalue weighted by Crippen LogP contribution is 2.41. The molecule has 39 heavy (non-hydrogen) atoms. The molecule has 11 heteroatoms. The molecule has 3 N–H and O–H groups in total. The Morgan fingerprint density at radius 2 is 2.00 bits per heavy atom. The molecule has 4 amide bonds. The van der Waals surface area contributed by atoms with Crippen LogP contribution in [-0.4, -0.2) is 114 Å². The lowest BCUT2D eigenvalue weighted by Gasteiger charge is -2.34.